The van der Waals surface area contributed by atoms with Crippen LogP contribution in [0.1, 0.15) is 53.4 Å². The lowest BCUT2D eigenvalue weighted by atomic mass is 9.77. The molecule has 1 fully saturated rings. The SMILES string of the molecule is CCCO[Si](C)(OCCC)OC(CC)C1(CC)COC1. The van der Waals surface area contributed by atoms with Gasteiger partial charge in [-0.15, -0.1) is 0 Å². The van der Waals surface area contributed by atoms with Gasteiger partial charge in [0.2, 0.25) is 0 Å². The lowest BCUT2D eigenvalue weighted by Crippen LogP contribution is -2.57. The van der Waals surface area contributed by atoms with Crippen molar-refractivity contribution in [2.75, 3.05) is 26.4 Å². The highest BCUT2D eigenvalue weighted by Gasteiger charge is 2.48. The van der Waals surface area contributed by atoms with Gasteiger partial charge < -0.3 is 18.0 Å². The zero-order valence-corrected chi connectivity index (χ0v) is 14.9. The van der Waals surface area contributed by atoms with Gasteiger partial charge in [-0.25, -0.2) is 0 Å². The second-order valence-corrected chi connectivity index (χ2v) is 8.32. The van der Waals surface area contributed by atoms with Gasteiger partial charge in [0.25, 0.3) is 0 Å². The van der Waals surface area contributed by atoms with Gasteiger partial charge in [0.05, 0.1) is 19.3 Å². The maximum Gasteiger partial charge on any atom is 0.497 e. The van der Waals surface area contributed by atoms with Crippen LogP contribution in [0, 0.1) is 5.41 Å². The molecule has 0 aromatic carbocycles. The third kappa shape index (κ3) is 4.53. The fourth-order valence-corrected chi connectivity index (χ4v) is 4.87. The van der Waals surface area contributed by atoms with Crippen LogP contribution in [0.5, 0.6) is 0 Å². The van der Waals surface area contributed by atoms with Gasteiger partial charge >= 0.3 is 8.80 Å². The maximum absolute atomic E-state index is 6.40. The minimum absolute atomic E-state index is 0.161. The van der Waals surface area contributed by atoms with Crippen LogP contribution in [0.2, 0.25) is 6.55 Å². The molecule has 1 heterocycles. The van der Waals surface area contributed by atoms with E-state index in [4.69, 9.17) is 18.0 Å². The average Bonchev–Trinajstić information content (AvgIpc) is 2.41. The molecule has 0 N–H and O–H groups in total. The summed E-state index contributed by atoms with van der Waals surface area (Å²) in [5, 5.41) is 0. The molecule has 0 amide bonds. The Balaban J connectivity index is 2.69. The van der Waals surface area contributed by atoms with Gasteiger partial charge in [-0.1, -0.05) is 27.7 Å². The van der Waals surface area contributed by atoms with Crippen molar-refractivity contribution in [3.8, 4) is 0 Å². The molecule has 1 aliphatic rings. The molecule has 0 aliphatic carbocycles. The van der Waals surface area contributed by atoms with Gasteiger partial charge in [0.1, 0.15) is 0 Å². The molecule has 1 saturated heterocycles. The summed E-state index contributed by atoms with van der Waals surface area (Å²) in [5.74, 6) is 0. The molecule has 0 spiro atoms. The molecule has 0 aromatic heterocycles. The summed E-state index contributed by atoms with van der Waals surface area (Å²) in [7, 11) is -2.54. The van der Waals surface area contributed by atoms with Crippen molar-refractivity contribution in [1.29, 1.82) is 0 Å². The topological polar surface area (TPSA) is 36.9 Å². The zero-order chi connectivity index (χ0) is 15.1. The van der Waals surface area contributed by atoms with E-state index in [1.165, 1.54) is 0 Å². The largest absolute Gasteiger partial charge is 0.497 e. The Labute approximate surface area is 125 Å². The average molecular weight is 305 g/mol. The van der Waals surface area contributed by atoms with E-state index < -0.39 is 8.80 Å². The molecule has 1 aliphatic heterocycles. The Kier molecular flexibility index (Phi) is 7.68. The van der Waals surface area contributed by atoms with Crippen molar-refractivity contribution in [2.45, 2.75) is 66.0 Å². The molecule has 0 aromatic rings. The summed E-state index contributed by atoms with van der Waals surface area (Å²) in [6, 6.07) is 0. The summed E-state index contributed by atoms with van der Waals surface area (Å²) in [6.07, 6.45) is 4.20. The molecular formula is C15H32O4Si. The Bertz CT molecular complexity index is 255. The second-order valence-electron chi connectivity index (χ2n) is 5.78. The van der Waals surface area contributed by atoms with E-state index in [1.54, 1.807) is 0 Å². The van der Waals surface area contributed by atoms with Gasteiger partial charge in [-0.2, -0.15) is 0 Å². The van der Waals surface area contributed by atoms with E-state index >= 15 is 0 Å². The van der Waals surface area contributed by atoms with Gasteiger partial charge in [-0.05, 0) is 25.7 Å². The van der Waals surface area contributed by atoms with Crippen molar-refractivity contribution in [3.05, 3.63) is 0 Å². The second kappa shape index (κ2) is 8.49. The quantitative estimate of drug-likeness (QED) is 0.546. The van der Waals surface area contributed by atoms with E-state index in [2.05, 4.69) is 27.7 Å². The molecule has 0 bridgehead atoms. The first-order valence-electron chi connectivity index (χ1n) is 8.09. The van der Waals surface area contributed by atoms with E-state index in [0.717, 1.165) is 38.9 Å². The number of rotatable bonds is 11. The first-order valence-corrected chi connectivity index (χ1v) is 10.3. The van der Waals surface area contributed by atoms with Crippen LogP contribution in [0.3, 0.4) is 0 Å². The maximum atomic E-state index is 6.40. The minimum Gasteiger partial charge on any atom is -0.380 e. The summed E-state index contributed by atoms with van der Waals surface area (Å²) in [6.45, 7) is 13.7. The van der Waals surface area contributed by atoms with Crippen LogP contribution >= 0.6 is 0 Å². The molecule has 20 heavy (non-hydrogen) atoms. The first kappa shape index (κ1) is 18.1. The van der Waals surface area contributed by atoms with Crippen molar-refractivity contribution in [3.63, 3.8) is 0 Å². The third-order valence-electron chi connectivity index (χ3n) is 4.03. The normalized spacial score (nSPS) is 19.6. The molecule has 0 saturated carbocycles. The highest BCUT2D eigenvalue weighted by molar-refractivity contribution is 6.59. The van der Waals surface area contributed by atoms with E-state index in [9.17, 15) is 0 Å². The highest BCUT2D eigenvalue weighted by Crippen LogP contribution is 2.39. The van der Waals surface area contributed by atoms with Gasteiger partial charge in [0, 0.05) is 25.2 Å². The summed E-state index contributed by atoms with van der Waals surface area (Å²) in [5.41, 5.74) is 0.161. The molecule has 1 rings (SSSR count). The Morgan fingerprint density at radius 1 is 1.05 bits per heavy atom. The van der Waals surface area contributed by atoms with Crippen LogP contribution in [-0.4, -0.2) is 41.3 Å². The third-order valence-corrected chi connectivity index (χ3v) is 6.20. The Morgan fingerprint density at radius 3 is 1.90 bits per heavy atom. The summed E-state index contributed by atoms with van der Waals surface area (Å²) >= 11 is 0. The van der Waals surface area contributed by atoms with Gasteiger partial charge in [0.15, 0.2) is 0 Å². The molecule has 5 heteroatoms. The number of hydrogen-bond acceptors (Lipinski definition) is 4. The molecule has 1 unspecified atom stereocenters. The Morgan fingerprint density at radius 2 is 1.60 bits per heavy atom. The summed E-state index contributed by atoms with van der Waals surface area (Å²) < 4.78 is 23.8. The Hall–Kier alpha value is 0.0569. The summed E-state index contributed by atoms with van der Waals surface area (Å²) in [4.78, 5) is 0. The zero-order valence-electron chi connectivity index (χ0n) is 13.9. The van der Waals surface area contributed by atoms with Crippen LogP contribution in [0.15, 0.2) is 0 Å². The number of hydrogen-bond donors (Lipinski definition) is 0. The van der Waals surface area contributed by atoms with Gasteiger partial charge in [-0.3, -0.25) is 0 Å². The lowest BCUT2D eigenvalue weighted by Gasteiger charge is -2.48. The van der Waals surface area contributed by atoms with E-state index in [-0.39, 0.29) is 11.5 Å². The van der Waals surface area contributed by atoms with Crippen LogP contribution in [0.4, 0.5) is 0 Å². The van der Waals surface area contributed by atoms with Crippen LogP contribution in [-0.2, 0) is 18.0 Å². The fourth-order valence-electron chi connectivity index (χ4n) is 2.57. The first-order chi connectivity index (χ1) is 9.55. The monoisotopic (exact) mass is 304 g/mol. The fraction of sp³-hybridized carbons (Fsp3) is 1.00. The molecule has 120 valence electrons. The smallest absolute Gasteiger partial charge is 0.380 e. The molecule has 4 nitrogen and oxygen atoms in total. The van der Waals surface area contributed by atoms with Crippen molar-refractivity contribution in [1.82, 2.24) is 0 Å². The highest BCUT2D eigenvalue weighted by atomic mass is 28.4. The molecule has 1 atom stereocenters. The van der Waals surface area contributed by atoms with Crippen molar-refractivity contribution in [2.24, 2.45) is 5.41 Å². The predicted octanol–water partition coefficient (Wildman–Crippen LogP) is 3.63. The lowest BCUT2D eigenvalue weighted by molar-refractivity contribution is -0.178. The van der Waals surface area contributed by atoms with E-state index in [1.807, 2.05) is 6.55 Å². The predicted molar refractivity (Wildman–Crippen MR) is 82.8 cm³/mol. The molecule has 0 radical (unpaired) electrons. The van der Waals surface area contributed by atoms with Crippen LogP contribution < -0.4 is 0 Å². The number of ether oxygens (including phenoxy) is 1. The minimum atomic E-state index is -2.54. The van der Waals surface area contributed by atoms with Crippen molar-refractivity contribution < 1.29 is 18.0 Å². The van der Waals surface area contributed by atoms with Crippen molar-refractivity contribution >= 4 is 8.80 Å². The standard InChI is InChI=1S/C15H32O4Si/c1-6-10-17-20(5,18-11-7-2)19-14(8-3)15(9-4)12-16-13-15/h14H,6-13H2,1-5H3. The molecular weight excluding hydrogens is 272 g/mol. The van der Waals surface area contributed by atoms with E-state index in [0.29, 0.717) is 13.2 Å². The van der Waals surface area contributed by atoms with Crippen LogP contribution in [0.25, 0.3) is 0 Å².